The summed E-state index contributed by atoms with van der Waals surface area (Å²) in [5, 5.41) is 0.883. The molecule has 1 aliphatic heterocycles. The zero-order valence-electron chi connectivity index (χ0n) is 11.4. The number of carbonyl (C=O) groups excluding carboxylic acids is 1. The summed E-state index contributed by atoms with van der Waals surface area (Å²) in [4.78, 5) is 14.7. The molecular weight excluding hydrogens is 308 g/mol. The molecule has 1 aliphatic rings. The number of nitrogens with zero attached hydrogens (tertiary/aromatic N) is 1. The first-order valence-electron chi connectivity index (χ1n) is 6.75. The van der Waals surface area contributed by atoms with Gasteiger partial charge in [-0.25, -0.2) is 8.42 Å². The van der Waals surface area contributed by atoms with Gasteiger partial charge in [0.15, 0.2) is 9.84 Å². The lowest BCUT2D eigenvalue weighted by Gasteiger charge is -2.19. The molecule has 21 heavy (non-hydrogen) atoms. The fraction of sp³-hybridized carbons (Fsp3) is 0.357. The Morgan fingerprint density at radius 1 is 1.19 bits per heavy atom. The number of thiophene rings is 1. The number of anilines is 1. The fourth-order valence-corrected chi connectivity index (χ4v) is 4.87. The largest absolute Gasteiger partial charge is 0.397 e. The minimum Gasteiger partial charge on any atom is -0.397 e. The van der Waals surface area contributed by atoms with Crippen LogP contribution in [0.2, 0.25) is 0 Å². The normalized spacial score (nSPS) is 18.6. The molecule has 0 bridgehead atoms. The van der Waals surface area contributed by atoms with Gasteiger partial charge >= 0.3 is 0 Å². The van der Waals surface area contributed by atoms with E-state index >= 15 is 0 Å². The van der Waals surface area contributed by atoms with Gasteiger partial charge in [-0.2, -0.15) is 0 Å². The molecule has 2 aromatic rings. The van der Waals surface area contributed by atoms with Crippen LogP contribution in [-0.2, 0) is 9.84 Å². The van der Waals surface area contributed by atoms with Crippen molar-refractivity contribution in [1.82, 2.24) is 4.90 Å². The first kappa shape index (κ1) is 14.3. The molecule has 112 valence electrons. The average Bonchev–Trinajstić information content (AvgIpc) is 2.67. The van der Waals surface area contributed by atoms with Crippen LogP contribution in [0.1, 0.15) is 16.1 Å². The van der Waals surface area contributed by atoms with E-state index in [1.165, 1.54) is 11.3 Å². The lowest BCUT2D eigenvalue weighted by molar-refractivity contribution is 0.0774. The van der Waals surface area contributed by atoms with Crippen LogP contribution in [0.3, 0.4) is 0 Å². The van der Waals surface area contributed by atoms with E-state index in [4.69, 9.17) is 5.73 Å². The van der Waals surface area contributed by atoms with E-state index in [1.807, 2.05) is 24.3 Å². The Morgan fingerprint density at radius 2 is 1.95 bits per heavy atom. The maximum absolute atomic E-state index is 12.6. The topological polar surface area (TPSA) is 80.5 Å². The Labute approximate surface area is 127 Å². The monoisotopic (exact) mass is 324 g/mol. The number of sulfone groups is 1. The van der Waals surface area contributed by atoms with Gasteiger partial charge in [0.05, 0.1) is 17.2 Å². The molecular formula is C14H16N2O3S2. The van der Waals surface area contributed by atoms with Gasteiger partial charge in [-0.05, 0) is 12.5 Å². The Balaban J connectivity index is 1.92. The maximum Gasteiger partial charge on any atom is 0.266 e. The molecule has 1 aromatic carbocycles. The minimum absolute atomic E-state index is 0.0313. The van der Waals surface area contributed by atoms with Crippen molar-refractivity contribution < 1.29 is 13.2 Å². The lowest BCUT2D eigenvalue weighted by atomic mass is 10.2. The second-order valence-corrected chi connectivity index (χ2v) is 8.49. The highest BCUT2D eigenvalue weighted by atomic mass is 32.2. The summed E-state index contributed by atoms with van der Waals surface area (Å²) < 4.78 is 24.2. The SMILES string of the molecule is Nc1c(C(=O)N2CCCS(=O)(=O)CC2)sc2ccccc12. The highest BCUT2D eigenvalue weighted by Crippen LogP contribution is 2.34. The van der Waals surface area contributed by atoms with Crippen LogP contribution in [0.15, 0.2) is 24.3 Å². The second kappa shape index (κ2) is 5.31. The van der Waals surface area contributed by atoms with Crippen molar-refractivity contribution in [3.8, 4) is 0 Å². The third-order valence-corrected chi connectivity index (χ3v) is 6.56. The molecule has 0 saturated carbocycles. The van der Waals surface area contributed by atoms with Gasteiger partial charge in [0, 0.05) is 23.2 Å². The summed E-state index contributed by atoms with van der Waals surface area (Å²) in [5.74, 6) is 0.0215. The molecule has 0 atom stereocenters. The smallest absolute Gasteiger partial charge is 0.266 e. The summed E-state index contributed by atoms with van der Waals surface area (Å²) in [6.45, 7) is 0.709. The van der Waals surface area contributed by atoms with Gasteiger partial charge in [0.1, 0.15) is 4.88 Å². The van der Waals surface area contributed by atoms with Crippen LogP contribution >= 0.6 is 11.3 Å². The third-order valence-electron chi connectivity index (χ3n) is 3.67. The number of carbonyl (C=O) groups is 1. The summed E-state index contributed by atoms with van der Waals surface area (Å²) in [5.41, 5.74) is 6.58. The number of fused-ring (bicyclic) bond motifs is 1. The first-order valence-corrected chi connectivity index (χ1v) is 9.38. The van der Waals surface area contributed by atoms with Gasteiger partial charge < -0.3 is 10.6 Å². The first-order chi connectivity index (χ1) is 9.98. The van der Waals surface area contributed by atoms with Gasteiger partial charge in [-0.1, -0.05) is 18.2 Å². The van der Waals surface area contributed by atoms with Crippen LogP contribution in [0.4, 0.5) is 5.69 Å². The molecule has 0 unspecified atom stereocenters. The molecule has 1 amide bonds. The Morgan fingerprint density at radius 3 is 2.71 bits per heavy atom. The summed E-state index contributed by atoms with van der Waals surface area (Å²) in [6, 6.07) is 7.62. The molecule has 5 nitrogen and oxygen atoms in total. The zero-order chi connectivity index (χ0) is 15.0. The van der Waals surface area contributed by atoms with E-state index < -0.39 is 9.84 Å². The predicted molar refractivity (Wildman–Crippen MR) is 85.4 cm³/mol. The maximum atomic E-state index is 12.6. The van der Waals surface area contributed by atoms with Crippen LogP contribution in [0.5, 0.6) is 0 Å². The van der Waals surface area contributed by atoms with E-state index in [-0.39, 0.29) is 24.0 Å². The van der Waals surface area contributed by atoms with E-state index in [2.05, 4.69) is 0 Å². The molecule has 0 spiro atoms. The van der Waals surface area contributed by atoms with Crippen molar-refractivity contribution in [2.75, 3.05) is 30.3 Å². The lowest BCUT2D eigenvalue weighted by Crippen LogP contribution is -2.33. The highest BCUT2D eigenvalue weighted by molar-refractivity contribution is 7.91. The highest BCUT2D eigenvalue weighted by Gasteiger charge is 2.26. The van der Waals surface area contributed by atoms with Crippen molar-refractivity contribution in [1.29, 1.82) is 0 Å². The van der Waals surface area contributed by atoms with E-state index in [0.29, 0.717) is 23.5 Å². The molecule has 1 aromatic heterocycles. The molecule has 0 aliphatic carbocycles. The molecule has 2 heterocycles. The number of hydrogen-bond donors (Lipinski definition) is 1. The van der Waals surface area contributed by atoms with Crippen LogP contribution in [0.25, 0.3) is 10.1 Å². The van der Waals surface area contributed by atoms with Gasteiger partial charge in [0.2, 0.25) is 0 Å². The number of amides is 1. The molecule has 2 N–H and O–H groups in total. The molecule has 3 rings (SSSR count). The molecule has 1 saturated heterocycles. The molecule has 7 heteroatoms. The Kier molecular flexibility index (Phi) is 3.62. The summed E-state index contributed by atoms with van der Waals surface area (Å²) >= 11 is 1.37. The molecule has 1 fully saturated rings. The predicted octanol–water partition coefficient (Wildman–Crippen LogP) is 1.74. The van der Waals surface area contributed by atoms with Crippen LogP contribution in [-0.4, -0.2) is 43.8 Å². The van der Waals surface area contributed by atoms with Gasteiger partial charge in [-0.3, -0.25) is 4.79 Å². The number of nitrogen functional groups attached to an aromatic ring is 1. The van der Waals surface area contributed by atoms with Crippen molar-refractivity contribution in [3.63, 3.8) is 0 Å². The number of rotatable bonds is 1. The quantitative estimate of drug-likeness (QED) is 0.866. The fourth-order valence-electron chi connectivity index (χ4n) is 2.51. The summed E-state index contributed by atoms with van der Waals surface area (Å²) in [7, 11) is -3.02. The second-order valence-electron chi connectivity index (χ2n) is 5.14. The Bertz CT molecular complexity index is 796. The third kappa shape index (κ3) is 2.75. The van der Waals surface area contributed by atoms with Crippen molar-refractivity contribution in [3.05, 3.63) is 29.1 Å². The standard InChI is InChI=1S/C14H16N2O3S2/c15-12-10-4-1-2-5-11(10)20-13(12)14(17)16-6-3-8-21(18,19)9-7-16/h1-2,4-5H,3,6-9,15H2. The van der Waals surface area contributed by atoms with E-state index in [1.54, 1.807) is 4.90 Å². The van der Waals surface area contributed by atoms with Gasteiger partial charge in [-0.15, -0.1) is 11.3 Å². The van der Waals surface area contributed by atoms with Crippen molar-refractivity contribution >= 4 is 42.9 Å². The van der Waals surface area contributed by atoms with Crippen molar-refractivity contribution in [2.24, 2.45) is 0 Å². The van der Waals surface area contributed by atoms with E-state index in [0.717, 1.165) is 10.1 Å². The summed E-state index contributed by atoms with van der Waals surface area (Å²) in [6.07, 6.45) is 0.485. The van der Waals surface area contributed by atoms with Crippen LogP contribution < -0.4 is 5.73 Å². The number of benzene rings is 1. The number of nitrogens with two attached hydrogens (primary N) is 1. The average molecular weight is 324 g/mol. The number of hydrogen-bond acceptors (Lipinski definition) is 5. The molecule has 0 radical (unpaired) electrons. The van der Waals surface area contributed by atoms with Gasteiger partial charge in [0.25, 0.3) is 5.91 Å². The Hall–Kier alpha value is -1.60. The van der Waals surface area contributed by atoms with E-state index in [9.17, 15) is 13.2 Å². The zero-order valence-corrected chi connectivity index (χ0v) is 13.0. The van der Waals surface area contributed by atoms with Crippen LogP contribution in [0, 0.1) is 0 Å². The minimum atomic E-state index is -3.02. The van der Waals surface area contributed by atoms with Crippen molar-refractivity contribution in [2.45, 2.75) is 6.42 Å².